The van der Waals surface area contributed by atoms with Crippen molar-refractivity contribution in [3.8, 4) is 17.0 Å². The Morgan fingerprint density at radius 3 is 2.48 bits per heavy atom. The SMILES string of the molecule is C=CCOc1cc(NC(=O)OC)ccc1-c1cn(COCC[Si](C)(C)C)c([C@H](CC=C)NC(=O)OC(C)(C)C)n1. The maximum absolute atomic E-state index is 12.7. The Bertz CT molecular complexity index is 1170. The topological polar surface area (TPSA) is 113 Å². The molecule has 0 aliphatic rings. The lowest BCUT2D eigenvalue weighted by molar-refractivity contribution is 0.0492. The molecule has 2 aromatic rings. The number of imidazole rings is 1. The number of nitrogens with zero attached hydrogens (tertiary/aromatic N) is 2. The van der Waals surface area contributed by atoms with Gasteiger partial charge in [-0.15, -0.1) is 6.58 Å². The van der Waals surface area contributed by atoms with Crippen molar-refractivity contribution in [3.05, 3.63) is 55.5 Å². The predicted molar refractivity (Wildman–Crippen MR) is 160 cm³/mol. The van der Waals surface area contributed by atoms with Gasteiger partial charge in [0.1, 0.15) is 30.5 Å². The van der Waals surface area contributed by atoms with Crippen molar-refractivity contribution in [1.82, 2.24) is 14.9 Å². The maximum Gasteiger partial charge on any atom is 0.411 e. The Kier molecular flexibility index (Phi) is 12.0. The first-order chi connectivity index (χ1) is 18.8. The third kappa shape index (κ3) is 10.9. The highest BCUT2D eigenvalue weighted by Crippen LogP contribution is 2.34. The third-order valence-electron chi connectivity index (χ3n) is 5.49. The first kappa shape index (κ1) is 32.6. The highest BCUT2D eigenvalue weighted by Gasteiger charge is 2.25. The molecule has 220 valence electrons. The van der Waals surface area contributed by atoms with Crippen molar-refractivity contribution in [2.24, 2.45) is 0 Å². The molecule has 0 aliphatic carbocycles. The molecule has 0 bridgehead atoms. The third-order valence-corrected chi connectivity index (χ3v) is 7.19. The van der Waals surface area contributed by atoms with Crippen molar-refractivity contribution in [2.75, 3.05) is 25.6 Å². The molecule has 0 radical (unpaired) electrons. The summed E-state index contributed by atoms with van der Waals surface area (Å²) >= 11 is 0. The van der Waals surface area contributed by atoms with Crippen molar-refractivity contribution in [1.29, 1.82) is 0 Å². The molecule has 11 heteroatoms. The summed E-state index contributed by atoms with van der Waals surface area (Å²) in [5.74, 6) is 1.07. The fourth-order valence-corrected chi connectivity index (χ4v) is 4.33. The summed E-state index contributed by atoms with van der Waals surface area (Å²) in [7, 11) is 0.0192. The van der Waals surface area contributed by atoms with E-state index in [0.29, 0.717) is 41.5 Å². The second-order valence-electron chi connectivity index (χ2n) is 11.5. The molecule has 2 rings (SSSR count). The largest absolute Gasteiger partial charge is 0.489 e. The molecule has 0 spiro atoms. The van der Waals surface area contributed by atoms with Crippen molar-refractivity contribution in [3.63, 3.8) is 0 Å². The van der Waals surface area contributed by atoms with Gasteiger partial charge in [-0.05, 0) is 45.4 Å². The lowest BCUT2D eigenvalue weighted by Crippen LogP contribution is -2.36. The number of methoxy groups -OCH3 is 1. The number of anilines is 1. The number of nitrogens with one attached hydrogen (secondary N) is 2. The first-order valence-electron chi connectivity index (χ1n) is 13.2. The monoisotopic (exact) mass is 572 g/mol. The average molecular weight is 573 g/mol. The fourth-order valence-electron chi connectivity index (χ4n) is 3.58. The van der Waals surface area contributed by atoms with Gasteiger partial charge in [0.15, 0.2) is 0 Å². The molecule has 40 heavy (non-hydrogen) atoms. The van der Waals surface area contributed by atoms with Crippen LogP contribution in [0, 0.1) is 0 Å². The van der Waals surface area contributed by atoms with Crippen LogP contribution < -0.4 is 15.4 Å². The van der Waals surface area contributed by atoms with Crippen molar-refractivity contribution >= 4 is 25.9 Å². The lowest BCUT2D eigenvalue weighted by Gasteiger charge is -2.23. The van der Waals surface area contributed by atoms with Crippen LogP contribution in [0.2, 0.25) is 25.7 Å². The molecule has 1 heterocycles. The zero-order valence-corrected chi connectivity index (χ0v) is 25.8. The second-order valence-corrected chi connectivity index (χ2v) is 17.1. The number of hydrogen-bond donors (Lipinski definition) is 2. The molecule has 1 aromatic carbocycles. The molecular weight excluding hydrogens is 528 g/mol. The number of aromatic nitrogens is 2. The molecular formula is C29H44N4O6Si. The van der Waals surface area contributed by atoms with Gasteiger partial charge in [0.05, 0.1) is 18.8 Å². The van der Waals surface area contributed by atoms with Crippen LogP contribution in [-0.4, -0.2) is 55.7 Å². The molecule has 10 nitrogen and oxygen atoms in total. The van der Waals surface area contributed by atoms with Gasteiger partial charge in [-0.3, -0.25) is 5.32 Å². The van der Waals surface area contributed by atoms with Gasteiger partial charge >= 0.3 is 12.2 Å². The molecule has 1 atom stereocenters. The van der Waals surface area contributed by atoms with E-state index in [4.69, 9.17) is 23.9 Å². The van der Waals surface area contributed by atoms with E-state index in [1.54, 1.807) is 30.4 Å². The minimum absolute atomic E-state index is 0.251. The summed E-state index contributed by atoms with van der Waals surface area (Å²) in [6.45, 7) is 21.0. The fraction of sp³-hybridized carbons (Fsp3) is 0.483. The smallest absolute Gasteiger partial charge is 0.411 e. The van der Waals surface area contributed by atoms with Crippen LogP contribution >= 0.6 is 0 Å². The number of amides is 2. The highest BCUT2D eigenvalue weighted by molar-refractivity contribution is 6.76. The standard InChI is InChI=1S/C29H44N4O6Si/c1-10-12-23(32-28(35)39-29(3,4)5)26-31-24(19-33(26)20-37-16-17-40(7,8)9)22-14-13-21(30-27(34)36-6)18-25(22)38-15-11-2/h10-11,13-14,18-19,23H,1-2,12,15-17,20H2,3-9H3,(H,30,34)(H,32,35)/t23-/m0/s1. The van der Waals surface area contributed by atoms with Crippen molar-refractivity contribution in [2.45, 2.75) is 71.3 Å². The van der Waals surface area contributed by atoms with Crippen molar-refractivity contribution < 1.29 is 28.5 Å². The van der Waals surface area contributed by atoms with Crippen LogP contribution in [0.25, 0.3) is 11.3 Å². The number of alkyl carbamates (subject to hydrolysis) is 1. The predicted octanol–water partition coefficient (Wildman–Crippen LogP) is 6.75. The Hall–Kier alpha value is -3.57. The molecule has 0 saturated carbocycles. The van der Waals surface area contributed by atoms with E-state index in [1.165, 1.54) is 7.11 Å². The molecule has 0 unspecified atom stereocenters. The maximum atomic E-state index is 12.7. The van der Waals surface area contributed by atoms with Crippen LogP contribution in [0.15, 0.2) is 49.7 Å². The summed E-state index contributed by atoms with van der Waals surface area (Å²) in [5.41, 5.74) is 1.14. The summed E-state index contributed by atoms with van der Waals surface area (Å²) in [6, 6.07) is 5.73. The average Bonchev–Trinajstić information content (AvgIpc) is 3.27. The summed E-state index contributed by atoms with van der Waals surface area (Å²) in [6.07, 6.45) is 4.49. The van der Waals surface area contributed by atoms with Crippen LogP contribution in [0.3, 0.4) is 0 Å². The minimum Gasteiger partial charge on any atom is -0.489 e. The number of carbonyl (C=O) groups is 2. The number of ether oxygens (including phenoxy) is 4. The van der Waals surface area contributed by atoms with E-state index >= 15 is 0 Å². The van der Waals surface area contributed by atoms with Gasteiger partial charge in [-0.25, -0.2) is 14.6 Å². The van der Waals surface area contributed by atoms with Gasteiger partial charge in [0.25, 0.3) is 0 Å². The molecule has 0 aliphatic heterocycles. The number of rotatable bonds is 14. The highest BCUT2D eigenvalue weighted by atomic mass is 28.3. The molecule has 2 N–H and O–H groups in total. The summed E-state index contributed by atoms with van der Waals surface area (Å²) in [5, 5.41) is 5.57. The Morgan fingerprint density at radius 1 is 1.15 bits per heavy atom. The van der Waals surface area contributed by atoms with Crippen LogP contribution in [0.1, 0.15) is 39.1 Å². The zero-order chi connectivity index (χ0) is 29.9. The van der Waals surface area contributed by atoms with E-state index in [-0.39, 0.29) is 13.3 Å². The quantitative estimate of drug-likeness (QED) is 0.146. The Morgan fingerprint density at radius 2 is 1.88 bits per heavy atom. The van der Waals surface area contributed by atoms with Gasteiger partial charge in [0.2, 0.25) is 0 Å². The van der Waals surface area contributed by atoms with E-state index in [0.717, 1.165) is 6.04 Å². The minimum atomic E-state index is -1.28. The summed E-state index contributed by atoms with van der Waals surface area (Å²) in [4.78, 5) is 29.3. The molecule has 2 amide bonds. The number of hydrogen-bond acceptors (Lipinski definition) is 7. The van der Waals surface area contributed by atoms with Crippen LogP contribution in [0.4, 0.5) is 15.3 Å². The van der Waals surface area contributed by atoms with Gasteiger partial charge < -0.3 is 28.8 Å². The normalized spacial score (nSPS) is 12.3. The molecule has 1 aromatic heterocycles. The second kappa shape index (κ2) is 14.7. The van der Waals surface area contributed by atoms with Gasteiger partial charge in [-0.2, -0.15) is 0 Å². The Labute approximate surface area is 238 Å². The Balaban J connectivity index is 2.51. The van der Waals surface area contributed by atoms with E-state index in [9.17, 15) is 9.59 Å². The van der Waals surface area contributed by atoms with Crippen LogP contribution in [0.5, 0.6) is 5.75 Å². The van der Waals surface area contributed by atoms with Gasteiger partial charge in [-0.1, -0.05) is 38.4 Å². The molecule has 0 saturated heterocycles. The lowest BCUT2D eigenvalue weighted by atomic mass is 10.1. The first-order valence-corrected chi connectivity index (χ1v) is 17.0. The summed E-state index contributed by atoms with van der Waals surface area (Å²) < 4.78 is 24.0. The zero-order valence-electron chi connectivity index (χ0n) is 24.8. The van der Waals surface area contributed by atoms with Gasteiger partial charge in [0, 0.05) is 38.2 Å². The van der Waals surface area contributed by atoms with E-state index in [2.05, 4.69) is 43.4 Å². The number of carbonyl (C=O) groups excluding carboxylic acids is 2. The number of benzene rings is 1. The molecule has 0 fully saturated rings. The van der Waals surface area contributed by atoms with E-state index in [1.807, 2.05) is 31.5 Å². The van der Waals surface area contributed by atoms with E-state index < -0.39 is 31.9 Å². The van der Waals surface area contributed by atoms with Crippen LogP contribution in [-0.2, 0) is 20.9 Å².